The number of aryl methyl sites for hydroxylation is 2. The third-order valence-electron chi connectivity index (χ3n) is 3.59. The number of unbranched alkanes of at least 4 members (excludes halogenated alkanes) is 1. The summed E-state index contributed by atoms with van der Waals surface area (Å²) in [7, 11) is 0. The highest BCUT2D eigenvalue weighted by molar-refractivity contribution is 6.08. The number of fused-ring (bicyclic) bond motifs is 1. The van der Waals surface area contributed by atoms with Crippen molar-refractivity contribution < 1.29 is 14.7 Å². The topological polar surface area (TPSA) is 59.3 Å². The fraction of sp³-hybridized carbons (Fsp3) is 0.375. The molecule has 0 radical (unpaired) electrons. The van der Waals surface area contributed by atoms with Crippen molar-refractivity contribution >= 4 is 22.7 Å². The van der Waals surface area contributed by atoms with Crippen LogP contribution < -0.4 is 0 Å². The summed E-state index contributed by atoms with van der Waals surface area (Å²) in [6.45, 7) is 6.20. The third-order valence-corrected chi connectivity index (χ3v) is 3.59. The van der Waals surface area contributed by atoms with Crippen LogP contribution in [0.2, 0.25) is 0 Å². The lowest BCUT2D eigenvalue weighted by atomic mass is 10.0. The lowest BCUT2D eigenvalue weighted by molar-refractivity contribution is 0.0696. The number of aromatic nitrogens is 1. The first-order valence-corrected chi connectivity index (χ1v) is 6.83. The van der Waals surface area contributed by atoms with Gasteiger partial charge in [-0.2, -0.15) is 0 Å². The van der Waals surface area contributed by atoms with Gasteiger partial charge >= 0.3 is 5.97 Å². The van der Waals surface area contributed by atoms with Gasteiger partial charge in [0.2, 0.25) is 0 Å². The minimum atomic E-state index is -0.933. The Morgan fingerprint density at radius 3 is 2.50 bits per heavy atom. The van der Waals surface area contributed by atoms with E-state index in [1.807, 2.05) is 10.8 Å². The van der Waals surface area contributed by atoms with Gasteiger partial charge in [-0.3, -0.25) is 4.79 Å². The fourth-order valence-corrected chi connectivity index (χ4v) is 2.47. The van der Waals surface area contributed by atoms with Crippen molar-refractivity contribution in [1.29, 1.82) is 0 Å². The SMILES string of the molecule is CCCCn1cc(C(C)=O)c2cc(C)c(C(=O)O)cc21. The van der Waals surface area contributed by atoms with Crippen LogP contribution in [-0.2, 0) is 6.54 Å². The number of ketones is 1. The van der Waals surface area contributed by atoms with Gasteiger partial charge in [0.25, 0.3) is 0 Å². The van der Waals surface area contributed by atoms with Gasteiger partial charge in [0.1, 0.15) is 0 Å². The van der Waals surface area contributed by atoms with E-state index in [9.17, 15) is 14.7 Å². The van der Waals surface area contributed by atoms with Crippen LogP contribution in [0, 0.1) is 6.92 Å². The second-order valence-corrected chi connectivity index (χ2v) is 5.14. The smallest absolute Gasteiger partial charge is 0.336 e. The summed E-state index contributed by atoms with van der Waals surface area (Å²) in [4.78, 5) is 23.0. The summed E-state index contributed by atoms with van der Waals surface area (Å²) < 4.78 is 1.99. The second kappa shape index (κ2) is 5.49. The van der Waals surface area contributed by atoms with Crippen molar-refractivity contribution in [3.63, 3.8) is 0 Å². The first-order valence-electron chi connectivity index (χ1n) is 6.83. The molecule has 2 aromatic rings. The minimum Gasteiger partial charge on any atom is -0.478 e. The Balaban J connectivity index is 2.70. The zero-order chi connectivity index (χ0) is 14.9. The molecule has 2 rings (SSSR count). The molecule has 0 bridgehead atoms. The monoisotopic (exact) mass is 273 g/mol. The van der Waals surface area contributed by atoms with Crippen molar-refractivity contribution in [2.45, 2.75) is 40.2 Å². The van der Waals surface area contributed by atoms with Crippen LogP contribution in [0.1, 0.15) is 53.0 Å². The maximum Gasteiger partial charge on any atom is 0.336 e. The molecule has 4 nitrogen and oxygen atoms in total. The van der Waals surface area contributed by atoms with E-state index in [0.717, 1.165) is 30.3 Å². The molecular formula is C16H19NO3. The Bertz CT molecular complexity index is 683. The summed E-state index contributed by atoms with van der Waals surface area (Å²) in [5, 5.41) is 10.1. The molecule has 1 aromatic heterocycles. The molecule has 1 heterocycles. The Labute approximate surface area is 118 Å². The lowest BCUT2D eigenvalue weighted by Gasteiger charge is -2.06. The zero-order valence-corrected chi connectivity index (χ0v) is 12.1. The molecule has 0 atom stereocenters. The first-order chi connectivity index (χ1) is 9.45. The van der Waals surface area contributed by atoms with E-state index in [1.165, 1.54) is 0 Å². The predicted octanol–water partition coefficient (Wildman–Crippen LogP) is 3.65. The highest BCUT2D eigenvalue weighted by Gasteiger charge is 2.16. The number of rotatable bonds is 5. The summed E-state index contributed by atoms with van der Waals surface area (Å²) in [5.74, 6) is -0.926. The van der Waals surface area contributed by atoms with Crippen LogP contribution in [-0.4, -0.2) is 21.4 Å². The van der Waals surface area contributed by atoms with E-state index < -0.39 is 5.97 Å². The Morgan fingerprint density at radius 1 is 1.25 bits per heavy atom. The molecule has 0 aliphatic heterocycles. The molecule has 0 fully saturated rings. The molecule has 0 saturated heterocycles. The van der Waals surface area contributed by atoms with Crippen molar-refractivity contribution in [3.8, 4) is 0 Å². The van der Waals surface area contributed by atoms with Gasteiger partial charge in [-0.15, -0.1) is 0 Å². The van der Waals surface area contributed by atoms with E-state index >= 15 is 0 Å². The average molecular weight is 273 g/mol. The van der Waals surface area contributed by atoms with Gasteiger partial charge in [-0.05, 0) is 38.0 Å². The molecule has 0 spiro atoms. The molecule has 20 heavy (non-hydrogen) atoms. The van der Waals surface area contributed by atoms with Crippen LogP contribution in [0.5, 0.6) is 0 Å². The van der Waals surface area contributed by atoms with Crippen molar-refractivity contribution in [1.82, 2.24) is 4.57 Å². The number of carboxylic acid groups (broad SMARTS) is 1. The normalized spacial score (nSPS) is 10.9. The minimum absolute atomic E-state index is 0.00715. The molecule has 0 aliphatic carbocycles. The van der Waals surface area contributed by atoms with Crippen LogP contribution in [0.25, 0.3) is 10.9 Å². The Morgan fingerprint density at radius 2 is 1.95 bits per heavy atom. The predicted molar refractivity (Wildman–Crippen MR) is 78.5 cm³/mol. The number of carboxylic acids is 1. The quantitative estimate of drug-likeness (QED) is 0.846. The van der Waals surface area contributed by atoms with Gasteiger partial charge in [0.15, 0.2) is 5.78 Å². The van der Waals surface area contributed by atoms with E-state index in [-0.39, 0.29) is 5.78 Å². The third kappa shape index (κ3) is 2.46. The number of Topliss-reactive ketones (excluding diaryl/α,β-unsaturated/α-hetero) is 1. The number of nitrogens with zero attached hydrogens (tertiary/aromatic N) is 1. The van der Waals surface area contributed by atoms with Crippen LogP contribution in [0.3, 0.4) is 0 Å². The van der Waals surface area contributed by atoms with Crippen molar-refractivity contribution in [2.75, 3.05) is 0 Å². The van der Waals surface area contributed by atoms with Crippen molar-refractivity contribution in [2.24, 2.45) is 0 Å². The molecule has 0 saturated carbocycles. The van der Waals surface area contributed by atoms with E-state index in [0.29, 0.717) is 16.7 Å². The maximum atomic E-state index is 11.7. The molecule has 0 aliphatic rings. The summed E-state index contributed by atoms with van der Waals surface area (Å²) in [6, 6.07) is 3.48. The summed E-state index contributed by atoms with van der Waals surface area (Å²) >= 11 is 0. The number of carbonyl (C=O) groups is 2. The number of hydrogen-bond donors (Lipinski definition) is 1. The number of carbonyl (C=O) groups excluding carboxylic acids is 1. The summed E-state index contributed by atoms with van der Waals surface area (Å²) in [6.07, 6.45) is 3.89. The molecule has 0 amide bonds. The molecule has 0 unspecified atom stereocenters. The van der Waals surface area contributed by atoms with Gasteiger partial charge in [-0.25, -0.2) is 4.79 Å². The molecule has 106 valence electrons. The van der Waals surface area contributed by atoms with Gasteiger partial charge in [0, 0.05) is 29.2 Å². The van der Waals surface area contributed by atoms with Gasteiger partial charge in [-0.1, -0.05) is 13.3 Å². The highest BCUT2D eigenvalue weighted by atomic mass is 16.4. The van der Waals surface area contributed by atoms with E-state index in [2.05, 4.69) is 6.92 Å². The van der Waals surface area contributed by atoms with Crippen LogP contribution in [0.4, 0.5) is 0 Å². The number of hydrogen-bond acceptors (Lipinski definition) is 2. The molecular weight excluding hydrogens is 254 g/mol. The first kappa shape index (κ1) is 14.3. The lowest BCUT2D eigenvalue weighted by Crippen LogP contribution is -2.01. The molecule has 1 N–H and O–H groups in total. The molecule has 4 heteroatoms. The number of aromatic carboxylic acids is 1. The summed E-state index contributed by atoms with van der Waals surface area (Å²) in [5.41, 5.74) is 2.46. The molecule has 1 aromatic carbocycles. The van der Waals surface area contributed by atoms with E-state index in [1.54, 1.807) is 26.0 Å². The maximum absolute atomic E-state index is 11.7. The van der Waals surface area contributed by atoms with Crippen LogP contribution >= 0.6 is 0 Å². The zero-order valence-electron chi connectivity index (χ0n) is 12.1. The fourth-order valence-electron chi connectivity index (χ4n) is 2.47. The average Bonchev–Trinajstić information content (AvgIpc) is 2.73. The van der Waals surface area contributed by atoms with Crippen molar-refractivity contribution in [3.05, 3.63) is 35.0 Å². The Kier molecular flexibility index (Phi) is 3.93. The standard InChI is InChI=1S/C16H19NO3/c1-4-5-6-17-9-14(11(3)18)13-7-10(2)12(16(19)20)8-15(13)17/h7-9H,4-6H2,1-3H3,(H,19,20). The highest BCUT2D eigenvalue weighted by Crippen LogP contribution is 2.26. The van der Waals surface area contributed by atoms with Crippen LogP contribution in [0.15, 0.2) is 18.3 Å². The number of benzene rings is 1. The van der Waals surface area contributed by atoms with Gasteiger partial charge < -0.3 is 9.67 Å². The second-order valence-electron chi connectivity index (χ2n) is 5.14. The largest absolute Gasteiger partial charge is 0.478 e. The van der Waals surface area contributed by atoms with Gasteiger partial charge in [0.05, 0.1) is 5.56 Å². The van der Waals surface area contributed by atoms with E-state index in [4.69, 9.17) is 0 Å². The Hall–Kier alpha value is -2.10.